The minimum atomic E-state index is -0.0673. The summed E-state index contributed by atoms with van der Waals surface area (Å²) in [5.41, 5.74) is 0. The second kappa shape index (κ2) is 7.46. The Kier molecular flexibility index (Phi) is 5.93. The van der Waals surface area contributed by atoms with Crippen LogP contribution in [-0.4, -0.2) is 49.0 Å². The topological polar surface area (TPSA) is 32.7 Å². The van der Waals surface area contributed by atoms with E-state index in [1.807, 2.05) is 0 Å². The number of ether oxygens (including phenoxy) is 1. The van der Waals surface area contributed by atoms with Gasteiger partial charge in [-0.1, -0.05) is 19.8 Å². The molecule has 1 saturated carbocycles. The van der Waals surface area contributed by atoms with Crippen molar-refractivity contribution in [2.45, 2.75) is 51.6 Å². The van der Waals surface area contributed by atoms with Crippen LogP contribution in [0.2, 0.25) is 0 Å². The van der Waals surface area contributed by atoms with Crippen molar-refractivity contribution in [3.63, 3.8) is 0 Å². The molecule has 3 heteroatoms. The summed E-state index contributed by atoms with van der Waals surface area (Å²) in [6.07, 6.45) is 7.17. The third-order valence-corrected chi connectivity index (χ3v) is 4.56. The van der Waals surface area contributed by atoms with Gasteiger partial charge < -0.3 is 14.7 Å². The van der Waals surface area contributed by atoms with Crippen molar-refractivity contribution in [1.29, 1.82) is 0 Å². The molecule has 1 heterocycles. The van der Waals surface area contributed by atoms with Crippen LogP contribution in [-0.2, 0) is 4.74 Å². The first-order valence-electron chi connectivity index (χ1n) is 7.77. The maximum atomic E-state index is 10.2. The summed E-state index contributed by atoms with van der Waals surface area (Å²) in [6.45, 7) is 7.30. The zero-order valence-electron chi connectivity index (χ0n) is 11.8. The van der Waals surface area contributed by atoms with Crippen LogP contribution in [0.15, 0.2) is 0 Å². The number of aliphatic hydroxyl groups excluding tert-OH is 1. The lowest BCUT2D eigenvalue weighted by Crippen LogP contribution is -2.40. The lowest BCUT2D eigenvalue weighted by molar-refractivity contribution is 0.0251. The third kappa shape index (κ3) is 4.22. The van der Waals surface area contributed by atoms with Gasteiger partial charge in [-0.2, -0.15) is 0 Å². The van der Waals surface area contributed by atoms with Gasteiger partial charge in [-0.15, -0.1) is 0 Å². The molecule has 3 atom stereocenters. The van der Waals surface area contributed by atoms with Crippen molar-refractivity contribution >= 4 is 0 Å². The summed E-state index contributed by atoms with van der Waals surface area (Å²) in [4.78, 5) is 2.50. The first-order valence-corrected chi connectivity index (χ1v) is 7.77. The molecule has 0 radical (unpaired) electrons. The number of aliphatic hydroxyl groups is 1. The van der Waals surface area contributed by atoms with Crippen LogP contribution >= 0.6 is 0 Å². The molecule has 18 heavy (non-hydrogen) atoms. The largest absolute Gasteiger partial charge is 0.393 e. The van der Waals surface area contributed by atoms with Gasteiger partial charge >= 0.3 is 0 Å². The monoisotopic (exact) mass is 255 g/mol. The highest BCUT2D eigenvalue weighted by molar-refractivity contribution is 4.82. The van der Waals surface area contributed by atoms with E-state index in [9.17, 15) is 5.11 Å². The van der Waals surface area contributed by atoms with E-state index in [4.69, 9.17) is 4.74 Å². The summed E-state index contributed by atoms with van der Waals surface area (Å²) in [5.74, 6) is 1.35. The molecule has 0 bridgehead atoms. The van der Waals surface area contributed by atoms with Crippen LogP contribution in [0.25, 0.3) is 0 Å². The molecule has 0 amide bonds. The van der Waals surface area contributed by atoms with Gasteiger partial charge in [0.1, 0.15) is 0 Å². The summed E-state index contributed by atoms with van der Waals surface area (Å²) in [5, 5.41) is 10.2. The number of rotatable bonds is 4. The molecule has 1 saturated heterocycles. The zero-order chi connectivity index (χ0) is 12.8. The van der Waals surface area contributed by atoms with Crippen molar-refractivity contribution < 1.29 is 9.84 Å². The van der Waals surface area contributed by atoms with Crippen molar-refractivity contribution in [3.8, 4) is 0 Å². The van der Waals surface area contributed by atoms with E-state index >= 15 is 0 Å². The molecule has 2 aliphatic rings. The fourth-order valence-electron chi connectivity index (χ4n) is 3.52. The highest BCUT2D eigenvalue weighted by Crippen LogP contribution is 2.32. The molecule has 0 aromatic rings. The molecular weight excluding hydrogens is 226 g/mol. The lowest BCUT2D eigenvalue weighted by Gasteiger charge is -2.36. The van der Waals surface area contributed by atoms with Gasteiger partial charge in [0.05, 0.1) is 12.7 Å². The van der Waals surface area contributed by atoms with Crippen LogP contribution in [0.5, 0.6) is 0 Å². The zero-order valence-corrected chi connectivity index (χ0v) is 11.8. The smallest absolute Gasteiger partial charge is 0.0593 e. The quantitative estimate of drug-likeness (QED) is 0.836. The molecule has 3 unspecified atom stereocenters. The lowest BCUT2D eigenvalue weighted by atomic mass is 9.77. The van der Waals surface area contributed by atoms with Gasteiger partial charge in [0, 0.05) is 26.2 Å². The molecular formula is C15H29NO2. The number of hydrogen-bond acceptors (Lipinski definition) is 3. The molecule has 0 aromatic heterocycles. The van der Waals surface area contributed by atoms with Crippen LogP contribution in [0.3, 0.4) is 0 Å². The Labute approximate surface area is 112 Å². The standard InChI is InChI=1S/C15H29NO2/c1-2-4-13-5-6-15(17)14(11-13)12-16-7-3-9-18-10-8-16/h13-15,17H,2-12H2,1H3. The number of nitrogens with zero attached hydrogens (tertiary/aromatic N) is 1. The third-order valence-electron chi connectivity index (χ3n) is 4.56. The summed E-state index contributed by atoms with van der Waals surface area (Å²) in [6, 6.07) is 0. The minimum Gasteiger partial charge on any atom is -0.393 e. The predicted molar refractivity (Wildman–Crippen MR) is 73.6 cm³/mol. The maximum Gasteiger partial charge on any atom is 0.0593 e. The molecule has 0 spiro atoms. The maximum absolute atomic E-state index is 10.2. The van der Waals surface area contributed by atoms with Crippen LogP contribution in [0, 0.1) is 11.8 Å². The van der Waals surface area contributed by atoms with E-state index in [1.54, 1.807) is 0 Å². The van der Waals surface area contributed by atoms with Crippen molar-refractivity contribution in [2.75, 3.05) is 32.8 Å². The van der Waals surface area contributed by atoms with Gasteiger partial charge in [-0.25, -0.2) is 0 Å². The molecule has 2 rings (SSSR count). The second-order valence-electron chi connectivity index (χ2n) is 6.06. The Morgan fingerprint density at radius 1 is 1.22 bits per heavy atom. The van der Waals surface area contributed by atoms with Crippen LogP contribution in [0.4, 0.5) is 0 Å². The Morgan fingerprint density at radius 3 is 2.94 bits per heavy atom. The average Bonchev–Trinajstić information content (AvgIpc) is 2.62. The van der Waals surface area contributed by atoms with Gasteiger partial charge in [-0.3, -0.25) is 0 Å². The Hall–Kier alpha value is -0.120. The fourth-order valence-corrected chi connectivity index (χ4v) is 3.52. The SMILES string of the molecule is CCCC1CCC(O)C(CN2CCCOCC2)C1. The fraction of sp³-hybridized carbons (Fsp3) is 1.00. The van der Waals surface area contributed by atoms with E-state index < -0.39 is 0 Å². The first kappa shape index (κ1) is 14.3. The van der Waals surface area contributed by atoms with E-state index in [1.165, 1.54) is 25.7 Å². The van der Waals surface area contributed by atoms with Crippen LogP contribution < -0.4 is 0 Å². The van der Waals surface area contributed by atoms with E-state index in [2.05, 4.69) is 11.8 Å². The van der Waals surface area contributed by atoms with Crippen molar-refractivity contribution in [1.82, 2.24) is 4.90 Å². The average molecular weight is 255 g/mol. The molecule has 106 valence electrons. The highest BCUT2D eigenvalue weighted by Gasteiger charge is 2.30. The van der Waals surface area contributed by atoms with E-state index in [-0.39, 0.29) is 6.10 Å². The van der Waals surface area contributed by atoms with Gasteiger partial charge in [0.25, 0.3) is 0 Å². The van der Waals surface area contributed by atoms with Crippen molar-refractivity contribution in [2.24, 2.45) is 11.8 Å². The summed E-state index contributed by atoms with van der Waals surface area (Å²) < 4.78 is 5.50. The molecule has 1 aliphatic carbocycles. The van der Waals surface area contributed by atoms with Gasteiger partial charge in [-0.05, 0) is 37.5 Å². The molecule has 3 nitrogen and oxygen atoms in total. The highest BCUT2D eigenvalue weighted by atomic mass is 16.5. The molecule has 0 aromatic carbocycles. The second-order valence-corrected chi connectivity index (χ2v) is 6.06. The molecule has 1 N–H and O–H groups in total. The van der Waals surface area contributed by atoms with Gasteiger partial charge in [0.15, 0.2) is 0 Å². The molecule has 1 aliphatic heterocycles. The Morgan fingerprint density at radius 2 is 2.11 bits per heavy atom. The van der Waals surface area contributed by atoms with Crippen LogP contribution in [0.1, 0.15) is 45.4 Å². The minimum absolute atomic E-state index is 0.0673. The van der Waals surface area contributed by atoms with Crippen molar-refractivity contribution in [3.05, 3.63) is 0 Å². The first-order chi connectivity index (χ1) is 8.79. The van der Waals surface area contributed by atoms with Gasteiger partial charge in [0.2, 0.25) is 0 Å². The summed E-state index contributed by atoms with van der Waals surface area (Å²) >= 11 is 0. The Balaban J connectivity index is 1.81. The van der Waals surface area contributed by atoms with E-state index in [0.717, 1.165) is 51.6 Å². The summed E-state index contributed by atoms with van der Waals surface area (Å²) in [7, 11) is 0. The number of hydrogen-bond donors (Lipinski definition) is 1. The van der Waals surface area contributed by atoms with E-state index in [0.29, 0.717) is 5.92 Å². The predicted octanol–water partition coefficient (Wildman–Crippen LogP) is 2.29. The molecule has 2 fully saturated rings. The normalized spacial score (nSPS) is 35.3. The Bertz CT molecular complexity index is 227.